The van der Waals surface area contributed by atoms with E-state index in [9.17, 15) is 0 Å². The van der Waals surface area contributed by atoms with Crippen LogP contribution in [0.5, 0.6) is 0 Å². The third kappa shape index (κ3) is 6.71. The van der Waals surface area contributed by atoms with Crippen molar-refractivity contribution in [1.29, 1.82) is 0 Å². The van der Waals surface area contributed by atoms with E-state index in [1.54, 1.807) is 0 Å². The first-order valence-electron chi connectivity index (χ1n) is 6.94. The molecule has 1 N–H and O–H groups in total. The molecule has 91 valence electrons. The van der Waals surface area contributed by atoms with E-state index in [1.807, 2.05) is 6.08 Å². The molecular weight excluding hydrogens is 194 g/mol. The molecule has 0 aromatic heterocycles. The summed E-state index contributed by atoms with van der Waals surface area (Å²) in [5.41, 5.74) is 0. The molecule has 1 radical (unpaired) electrons. The second kappa shape index (κ2) is 9.50. The van der Waals surface area contributed by atoms with E-state index in [2.05, 4.69) is 30.6 Å². The minimum absolute atomic E-state index is 0.532. The predicted molar refractivity (Wildman–Crippen MR) is 71.1 cm³/mol. The molecule has 0 saturated carbocycles. The highest BCUT2D eigenvalue weighted by Crippen LogP contribution is 2.11. The first-order valence-corrected chi connectivity index (χ1v) is 6.94. The molecule has 1 unspecified atom stereocenters. The van der Waals surface area contributed by atoms with Gasteiger partial charge >= 0.3 is 0 Å². The molecule has 1 nitrogen and oxygen atoms in total. The molecule has 1 rings (SSSR count). The second-order valence-corrected chi connectivity index (χ2v) is 4.71. The molecule has 0 saturated heterocycles. The van der Waals surface area contributed by atoms with Crippen LogP contribution in [0.1, 0.15) is 64.7 Å². The second-order valence-electron chi connectivity index (χ2n) is 4.71. The van der Waals surface area contributed by atoms with Crippen LogP contribution in [0, 0.1) is 6.20 Å². The van der Waals surface area contributed by atoms with Gasteiger partial charge in [-0.25, -0.2) is 0 Å². The van der Waals surface area contributed by atoms with E-state index in [1.165, 1.54) is 57.8 Å². The molecule has 0 aliphatic carbocycles. The summed E-state index contributed by atoms with van der Waals surface area (Å²) in [4.78, 5) is 0. The van der Waals surface area contributed by atoms with Gasteiger partial charge in [-0.1, -0.05) is 70.4 Å². The maximum absolute atomic E-state index is 3.25. The zero-order valence-electron chi connectivity index (χ0n) is 10.7. The molecular formula is C15H26N. The third-order valence-corrected chi connectivity index (χ3v) is 3.16. The molecule has 0 aromatic carbocycles. The van der Waals surface area contributed by atoms with E-state index >= 15 is 0 Å². The smallest absolute Gasteiger partial charge is 0.0580 e. The third-order valence-electron chi connectivity index (χ3n) is 3.16. The number of allylic oxidation sites excluding steroid dienone is 2. The number of dihydropyridines is 1. The minimum Gasteiger partial charge on any atom is -0.377 e. The quantitative estimate of drug-likeness (QED) is 0.569. The fourth-order valence-corrected chi connectivity index (χ4v) is 2.11. The van der Waals surface area contributed by atoms with Crippen LogP contribution in [0.3, 0.4) is 0 Å². The Bertz CT molecular complexity index is 205. The molecule has 16 heavy (non-hydrogen) atoms. The highest BCUT2D eigenvalue weighted by molar-refractivity contribution is 5.08. The first-order chi connectivity index (χ1) is 7.93. The lowest BCUT2D eigenvalue weighted by Crippen LogP contribution is -2.23. The van der Waals surface area contributed by atoms with Gasteiger partial charge in [0.1, 0.15) is 0 Å². The van der Waals surface area contributed by atoms with Gasteiger partial charge in [-0.05, 0) is 12.5 Å². The summed E-state index contributed by atoms with van der Waals surface area (Å²) in [6.07, 6.45) is 21.8. The number of unbranched alkanes of at least 4 members (excludes halogenated alkanes) is 7. The summed E-state index contributed by atoms with van der Waals surface area (Å²) in [5.74, 6) is 0. The molecule has 1 heterocycles. The number of rotatable bonds is 9. The van der Waals surface area contributed by atoms with Crippen LogP contribution in [-0.4, -0.2) is 6.04 Å². The van der Waals surface area contributed by atoms with Crippen LogP contribution in [0.4, 0.5) is 0 Å². The first kappa shape index (κ1) is 13.3. The van der Waals surface area contributed by atoms with E-state index in [-0.39, 0.29) is 0 Å². The van der Waals surface area contributed by atoms with Crippen molar-refractivity contribution in [2.75, 3.05) is 0 Å². The van der Waals surface area contributed by atoms with E-state index in [4.69, 9.17) is 0 Å². The fourth-order valence-electron chi connectivity index (χ4n) is 2.11. The molecule has 0 aromatic rings. The summed E-state index contributed by atoms with van der Waals surface area (Å²) in [6, 6.07) is 0.532. The Morgan fingerprint density at radius 3 is 2.31 bits per heavy atom. The number of hydrogen-bond acceptors (Lipinski definition) is 1. The van der Waals surface area contributed by atoms with Gasteiger partial charge in [0, 0.05) is 6.04 Å². The summed E-state index contributed by atoms with van der Waals surface area (Å²) < 4.78 is 0. The van der Waals surface area contributed by atoms with Crippen molar-refractivity contribution in [3.8, 4) is 0 Å². The van der Waals surface area contributed by atoms with Crippen molar-refractivity contribution < 1.29 is 0 Å². The zero-order chi connectivity index (χ0) is 11.5. The van der Waals surface area contributed by atoms with Crippen LogP contribution in [-0.2, 0) is 0 Å². The lowest BCUT2D eigenvalue weighted by Gasteiger charge is -2.14. The highest BCUT2D eigenvalue weighted by Gasteiger charge is 2.03. The van der Waals surface area contributed by atoms with Gasteiger partial charge in [0.15, 0.2) is 0 Å². The monoisotopic (exact) mass is 220 g/mol. The Labute approximate surface area is 101 Å². The van der Waals surface area contributed by atoms with Crippen LogP contribution in [0.2, 0.25) is 0 Å². The predicted octanol–water partition coefficient (Wildman–Crippen LogP) is 4.36. The summed E-state index contributed by atoms with van der Waals surface area (Å²) >= 11 is 0. The van der Waals surface area contributed by atoms with Crippen LogP contribution in [0.15, 0.2) is 18.2 Å². The molecule has 0 bridgehead atoms. The topological polar surface area (TPSA) is 12.0 Å². The van der Waals surface area contributed by atoms with E-state index in [0.717, 1.165) is 0 Å². The molecule has 1 aliphatic rings. The van der Waals surface area contributed by atoms with Crippen molar-refractivity contribution >= 4 is 0 Å². The van der Waals surface area contributed by atoms with Crippen molar-refractivity contribution in [1.82, 2.24) is 5.32 Å². The van der Waals surface area contributed by atoms with Crippen LogP contribution >= 0.6 is 0 Å². The SMILES string of the molecule is CCCCCCCCCCC1C=CC=[C]N1. The average Bonchev–Trinajstić information content (AvgIpc) is 2.34. The zero-order valence-corrected chi connectivity index (χ0v) is 10.7. The minimum atomic E-state index is 0.532. The van der Waals surface area contributed by atoms with E-state index in [0.29, 0.717) is 6.04 Å². The van der Waals surface area contributed by atoms with Crippen LogP contribution in [0.25, 0.3) is 0 Å². The van der Waals surface area contributed by atoms with Gasteiger partial charge < -0.3 is 5.32 Å². The maximum atomic E-state index is 3.25. The van der Waals surface area contributed by atoms with Crippen LogP contribution < -0.4 is 5.32 Å². The fraction of sp³-hybridized carbons (Fsp3) is 0.733. The van der Waals surface area contributed by atoms with E-state index < -0.39 is 0 Å². The molecule has 0 amide bonds. The van der Waals surface area contributed by atoms with Gasteiger partial charge in [0.2, 0.25) is 0 Å². The van der Waals surface area contributed by atoms with Gasteiger partial charge in [0.25, 0.3) is 0 Å². The number of nitrogens with one attached hydrogen (secondary N) is 1. The van der Waals surface area contributed by atoms with Gasteiger partial charge in [-0.2, -0.15) is 0 Å². The Morgan fingerprint density at radius 2 is 1.69 bits per heavy atom. The molecule has 1 aliphatic heterocycles. The molecule has 1 heteroatoms. The lowest BCUT2D eigenvalue weighted by atomic mass is 10.0. The average molecular weight is 220 g/mol. The molecule has 1 atom stereocenters. The Morgan fingerprint density at radius 1 is 1.00 bits per heavy atom. The normalized spacial score (nSPS) is 18.7. The van der Waals surface area contributed by atoms with Crippen molar-refractivity contribution in [3.63, 3.8) is 0 Å². The van der Waals surface area contributed by atoms with Gasteiger partial charge in [-0.3, -0.25) is 0 Å². The summed E-state index contributed by atoms with van der Waals surface area (Å²) in [7, 11) is 0. The van der Waals surface area contributed by atoms with Crippen molar-refractivity contribution in [2.24, 2.45) is 0 Å². The largest absolute Gasteiger partial charge is 0.377 e. The summed E-state index contributed by atoms with van der Waals surface area (Å²) in [6.45, 7) is 2.27. The lowest BCUT2D eigenvalue weighted by molar-refractivity contribution is 0.531. The highest BCUT2D eigenvalue weighted by atomic mass is 14.9. The Balaban J connectivity index is 1.81. The van der Waals surface area contributed by atoms with Gasteiger partial charge in [0.05, 0.1) is 6.20 Å². The Hall–Kier alpha value is -0.720. The van der Waals surface area contributed by atoms with Gasteiger partial charge in [-0.15, -0.1) is 0 Å². The van der Waals surface area contributed by atoms with Crippen molar-refractivity contribution in [2.45, 2.75) is 70.8 Å². The standard InChI is InChI=1S/C15H26N/c1-2-3-4-5-6-7-8-9-12-15-13-10-11-14-16-15/h10-11,13,15-16H,2-9,12H2,1H3. The Kier molecular flexibility index (Phi) is 7.93. The van der Waals surface area contributed by atoms with Crippen molar-refractivity contribution in [3.05, 3.63) is 24.4 Å². The molecule has 0 fully saturated rings. The number of hydrogen-bond donors (Lipinski definition) is 1. The molecule has 0 spiro atoms. The summed E-state index contributed by atoms with van der Waals surface area (Å²) in [5, 5.41) is 3.25. The maximum Gasteiger partial charge on any atom is 0.0580 e.